The molecule has 28 heavy (non-hydrogen) atoms. The van der Waals surface area contributed by atoms with Gasteiger partial charge in [0.25, 0.3) is 0 Å². The minimum atomic E-state index is 0.129. The summed E-state index contributed by atoms with van der Waals surface area (Å²) in [6, 6.07) is 0. The predicted octanol–water partition coefficient (Wildman–Crippen LogP) is 5.06. The lowest BCUT2D eigenvalue weighted by atomic mass is 9.48. The lowest BCUT2D eigenvalue weighted by Gasteiger charge is -2.57. The van der Waals surface area contributed by atoms with Gasteiger partial charge in [-0.2, -0.15) is 15.0 Å². The molecule has 7 atom stereocenters. The number of nitrogens with zero attached hydrogens (tertiary/aromatic N) is 3. The van der Waals surface area contributed by atoms with Crippen LogP contribution in [0.25, 0.3) is 0 Å². The smallest absolute Gasteiger partial charge is 0.159 e. The molecule has 152 valence electrons. The molecular formula is C24H35N3O. The normalized spacial score (nSPS) is 45.0. The Morgan fingerprint density at radius 2 is 1.93 bits per heavy atom. The third kappa shape index (κ3) is 2.66. The maximum atomic E-state index is 13.1. The van der Waals surface area contributed by atoms with E-state index in [1.54, 1.807) is 22.8 Å². The van der Waals surface area contributed by atoms with Crippen molar-refractivity contribution < 1.29 is 4.79 Å². The van der Waals surface area contributed by atoms with Gasteiger partial charge in [-0.15, -0.1) is 0 Å². The van der Waals surface area contributed by atoms with Gasteiger partial charge in [0.15, 0.2) is 5.78 Å². The van der Waals surface area contributed by atoms with Crippen LogP contribution in [0, 0.1) is 40.4 Å². The standard InChI is InChI=1S/C24H35N3O/c1-16-8-10-23(2)17(14-16)4-5-18-19-6-7-21(24(19,3)11-9-20(18)23)22(28)15-27-25-12-13-26-27/h9,12-13,16-19,21H,4-8,10-11,14-15H2,1-3H3. The second-order valence-electron chi connectivity index (χ2n) is 10.8. The van der Waals surface area contributed by atoms with Crippen LogP contribution in [0.5, 0.6) is 0 Å². The molecule has 4 aliphatic carbocycles. The Hall–Kier alpha value is -1.45. The van der Waals surface area contributed by atoms with Gasteiger partial charge in [0.2, 0.25) is 0 Å². The van der Waals surface area contributed by atoms with Crippen molar-refractivity contribution in [2.24, 2.45) is 40.4 Å². The average molecular weight is 382 g/mol. The molecule has 5 rings (SSSR count). The van der Waals surface area contributed by atoms with Crippen molar-refractivity contribution >= 4 is 5.78 Å². The van der Waals surface area contributed by atoms with Crippen LogP contribution in [-0.4, -0.2) is 20.8 Å². The lowest BCUT2D eigenvalue weighted by molar-refractivity contribution is -0.128. The zero-order chi connectivity index (χ0) is 19.5. The molecule has 1 aromatic rings. The fourth-order valence-corrected chi connectivity index (χ4v) is 7.84. The molecule has 0 N–H and O–H groups in total. The van der Waals surface area contributed by atoms with Crippen LogP contribution >= 0.6 is 0 Å². The first-order valence-corrected chi connectivity index (χ1v) is 11.5. The minimum Gasteiger partial charge on any atom is -0.297 e. The van der Waals surface area contributed by atoms with E-state index in [1.807, 2.05) is 0 Å². The Kier molecular flexibility index (Phi) is 4.33. The number of fused-ring (bicyclic) bond motifs is 5. The van der Waals surface area contributed by atoms with E-state index < -0.39 is 0 Å². The predicted molar refractivity (Wildman–Crippen MR) is 109 cm³/mol. The number of aromatic nitrogens is 3. The molecule has 4 heteroatoms. The van der Waals surface area contributed by atoms with Crippen LogP contribution in [0.2, 0.25) is 0 Å². The highest BCUT2D eigenvalue weighted by atomic mass is 16.1. The molecular weight excluding hydrogens is 346 g/mol. The third-order valence-corrected chi connectivity index (χ3v) is 9.44. The Labute approximate surface area is 169 Å². The molecule has 0 radical (unpaired) electrons. The monoisotopic (exact) mass is 381 g/mol. The largest absolute Gasteiger partial charge is 0.297 e. The van der Waals surface area contributed by atoms with E-state index in [4.69, 9.17) is 0 Å². The van der Waals surface area contributed by atoms with Gasteiger partial charge < -0.3 is 0 Å². The summed E-state index contributed by atoms with van der Waals surface area (Å²) in [5.41, 5.74) is 2.35. The van der Waals surface area contributed by atoms with E-state index in [0.717, 1.165) is 24.7 Å². The SMILES string of the molecule is CC1CCC2(C)C3=CCC4(C)C(C(=O)Cn5nccn5)CCC4C3CCC2C1. The Morgan fingerprint density at radius 3 is 2.71 bits per heavy atom. The summed E-state index contributed by atoms with van der Waals surface area (Å²) in [6.45, 7) is 7.76. The van der Waals surface area contributed by atoms with Gasteiger partial charge in [-0.3, -0.25) is 4.79 Å². The van der Waals surface area contributed by atoms with Gasteiger partial charge >= 0.3 is 0 Å². The van der Waals surface area contributed by atoms with Gasteiger partial charge in [-0.25, -0.2) is 0 Å². The van der Waals surface area contributed by atoms with Crippen molar-refractivity contribution in [2.45, 2.75) is 78.7 Å². The van der Waals surface area contributed by atoms with E-state index in [9.17, 15) is 4.79 Å². The maximum Gasteiger partial charge on any atom is 0.159 e. The molecule has 4 aliphatic rings. The zero-order valence-electron chi connectivity index (χ0n) is 17.7. The van der Waals surface area contributed by atoms with E-state index >= 15 is 0 Å². The van der Waals surface area contributed by atoms with Gasteiger partial charge in [-0.1, -0.05) is 32.4 Å². The number of ketones is 1. The minimum absolute atomic E-state index is 0.129. The maximum absolute atomic E-state index is 13.1. The summed E-state index contributed by atoms with van der Waals surface area (Å²) >= 11 is 0. The first kappa shape index (κ1) is 18.6. The summed E-state index contributed by atoms with van der Waals surface area (Å²) in [7, 11) is 0. The topological polar surface area (TPSA) is 47.8 Å². The third-order valence-electron chi connectivity index (χ3n) is 9.44. The molecule has 1 aromatic heterocycles. The molecule has 4 nitrogen and oxygen atoms in total. The van der Waals surface area contributed by atoms with Crippen molar-refractivity contribution in [3.63, 3.8) is 0 Å². The van der Waals surface area contributed by atoms with Crippen LogP contribution in [-0.2, 0) is 11.3 Å². The first-order valence-electron chi connectivity index (χ1n) is 11.5. The van der Waals surface area contributed by atoms with Crippen molar-refractivity contribution in [3.8, 4) is 0 Å². The molecule has 0 spiro atoms. The number of hydrogen-bond donors (Lipinski definition) is 0. The zero-order valence-corrected chi connectivity index (χ0v) is 17.7. The molecule has 0 aliphatic heterocycles. The fraction of sp³-hybridized carbons (Fsp3) is 0.792. The van der Waals surface area contributed by atoms with Crippen molar-refractivity contribution in [2.75, 3.05) is 0 Å². The van der Waals surface area contributed by atoms with Gasteiger partial charge in [0, 0.05) is 5.92 Å². The van der Waals surface area contributed by atoms with E-state index in [-0.39, 0.29) is 11.3 Å². The summed E-state index contributed by atoms with van der Waals surface area (Å²) in [4.78, 5) is 14.7. The molecule has 0 amide bonds. The second-order valence-corrected chi connectivity index (χ2v) is 10.8. The number of carbonyl (C=O) groups excluding carboxylic acids is 1. The Bertz CT molecular complexity index is 784. The number of carbonyl (C=O) groups is 1. The van der Waals surface area contributed by atoms with Crippen LogP contribution < -0.4 is 0 Å². The van der Waals surface area contributed by atoms with E-state index in [0.29, 0.717) is 29.6 Å². The van der Waals surface area contributed by atoms with Gasteiger partial charge in [0.1, 0.15) is 6.54 Å². The van der Waals surface area contributed by atoms with E-state index in [2.05, 4.69) is 37.0 Å². The van der Waals surface area contributed by atoms with Crippen LogP contribution in [0.3, 0.4) is 0 Å². The van der Waals surface area contributed by atoms with Gasteiger partial charge in [0.05, 0.1) is 12.4 Å². The van der Waals surface area contributed by atoms with Crippen molar-refractivity contribution in [3.05, 3.63) is 24.0 Å². The quantitative estimate of drug-likeness (QED) is 0.687. The average Bonchev–Trinajstić information content (AvgIpc) is 3.29. The highest BCUT2D eigenvalue weighted by molar-refractivity contribution is 5.82. The number of rotatable bonds is 3. The lowest BCUT2D eigenvalue weighted by Crippen LogP contribution is -2.48. The molecule has 3 fully saturated rings. The molecule has 0 aromatic carbocycles. The first-order chi connectivity index (χ1) is 13.4. The molecule has 0 bridgehead atoms. The highest BCUT2D eigenvalue weighted by Crippen LogP contribution is 2.65. The highest BCUT2D eigenvalue weighted by Gasteiger charge is 2.58. The van der Waals surface area contributed by atoms with E-state index in [1.165, 1.54) is 38.5 Å². The summed E-state index contributed by atoms with van der Waals surface area (Å²) in [6.07, 6.45) is 16.2. The summed E-state index contributed by atoms with van der Waals surface area (Å²) in [5, 5.41) is 8.31. The molecule has 0 saturated heterocycles. The van der Waals surface area contributed by atoms with Crippen LogP contribution in [0.1, 0.15) is 72.1 Å². The van der Waals surface area contributed by atoms with Crippen molar-refractivity contribution in [1.29, 1.82) is 0 Å². The Balaban J connectivity index is 1.41. The summed E-state index contributed by atoms with van der Waals surface area (Å²) in [5.74, 6) is 3.68. The second kappa shape index (κ2) is 6.53. The van der Waals surface area contributed by atoms with Crippen LogP contribution in [0.4, 0.5) is 0 Å². The number of hydrogen-bond acceptors (Lipinski definition) is 3. The number of allylic oxidation sites excluding steroid dienone is 2. The summed E-state index contributed by atoms with van der Waals surface area (Å²) < 4.78 is 0. The van der Waals surface area contributed by atoms with Gasteiger partial charge in [-0.05, 0) is 85.9 Å². The van der Waals surface area contributed by atoms with Crippen molar-refractivity contribution in [1.82, 2.24) is 15.0 Å². The Morgan fingerprint density at radius 1 is 1.14 bits per heavy atom. The number of Topliss-reactive ketones (excluding diaryl/α,β-unsaturated/α-hetero) is 1. The van der Waals surface area contributed by atoms with Crippen LogP contribution in [0.15, 0.2) is 24.0 Å². The fourth-order valence-electron chi connectivity index (χ4n) is 7.84. The molecule has 7 unspecified atom stereocenters. The molecule has 1 heterocycles. The molecule has 3 saturated carbocycles.